The molecule has 0 spiro atoms. The summed E-state index contributed by atoms with van der Waals surface area (Å²) in [5, 5.41) is 4.05. The van der Waals surface area contributed by atoms with Gasteiger partial charge in [-0.2, -0.15) is 0 Å². The largest absolute Gasteiger partial charge is 0.369 e. The monoisotopic (exact) mass is 309 g/mol. The van der Waals surface area contributed by atoms with Crippen molar-refractivity contribution in [3.63, 3.8) is 0 Å². The number of anilines is 1. The topological polar surface area (TPSA) is 58.4 Å². The van der Waals surface area contributed by atoms with Crippen molar-refractivity contribution in [1.82, 2.24) is 5.32 Å². The number of rotatable bonds is 7. The van der Waals surface area contributed by atoms with E-state index in [0.29, 0.717) is 16.6 Å². The van der Waals surface area contributed by atoms with E-state index < -0.39 is 5.91 Å². The normalized spacial score (nSPS) is 17.9. The van der Waals surface area contributed by atoms with Gasteiger partial charge in [0.1, 0.15) is 0 Å². The Kier molecular flexibility index (Phi) is 5.88. The molecule has 1 heterocycles. The van der Waals surface area contributed by atoms with E-state index in [1.54, 1.807) is 6.07 Å². The summed E-state index contributed by atoms with van der Waals surface area (Å²) >= 11 is 6.00. The highest BCUT2D eigenvalue weighted by atomic mass is 35.5. The fourth-order valence-corrected chi connectivity index (χ4v) is 2.99. The molecule has 1 saturated heterocycles. The molecule has 4 nitrogen and oxygen atoms in total. The fraction of sp³-hybridized carbons (Fsp3) is 0.562. The lowest BCUT2D eigenvalue weighted by atomic mass is 10.1. The van der Waals surface area contributed by atoms with Crippen LogP contribution in [0.4, 0.5) is 5.69 Å². The van der Waals surface area contributed by atoms with Crippen molar-refractivity contribution in [3.8, 4) is 0 Å². The number of primary amides is 1. The molecule has 116 valence electrons. The molecule has 5 heteroatoms. The second kappa shape index (κ2) is 7.66. The number of benzene rings is 1. The third-order valence-corrected chi connectivity index (χ3v) is 4.18. The van der Waals surface area contributed by atoms with E-state index in [4.69, 9.17) is 17.3 Å². The van der Waals surface area contributed by atoms with Gasteiger partial charge in [-0.25, -0.2) is 0 Å². The van der Waals surface area contributed by atoms with Crippen LogP contribution in [-0.2, 0) is 0 Å². The summed E-state index contributed by atoms with van der Waals surface area (Å²) in [5.41, 5.74) is 6.93. The number of hydrogen-bond donors (Lipinski definition) is 2. The lowest BCUT2D eigenvalue weighted by Gasteiger charge is -2.29. The van der Waals surface area contributed by atoms with Gasteiger partial charge in [-0.15, -0.1) is 0 Å². The minimum atomic E-state index is -0.423. The third kappa shape index (κ3) is 4.35. The Balaban J connectivity index is 2.23. The lowest BCUT2D eigenvalue weighted by Crippen LogP contribution is -2.39. The molecule has 2 rings (SSSR count). The van der Waals surface area contributed by atoms with Crippen LogP contribution in [0, 0.1) is 0 Å². The molecule has 3 N–H and O–H groups in total. The maximum Gasteiger partial charge on any atom is 0.250 e. The average Bonchev–Trinajstić information content (AvgIpc) is 2.96. The quantitative estimate of drug-likeness (QED) is 0.814. The molecule has 0 bridgehead atoms. The molecule has 0 radical (unpaired) electrons. The summed E-state index contributed by atoms with van der Waals surface area (Å²) in [6.07, 6.45) is 4.61. The van der Waals surface area contributed by atoms with Gasteiger partial charge in [0.2, 0.25) is 0 Å². The van der Waals surface area contributed by atoms with Crippen LogP contribution in [0.25, 0.3) is 0 Å². The second-order valence-corrected chi connectivity index (χ2v) is 6.06. The molecule has 1 unspecified atom stereocenters. The molecule has 0 saturated carbocycles. The van der Waals surface area contributed by atoms with Crippen LogP contribution >= 0.6 is 11.6 Å². The van der Waals surface area contributed by atoms with Crippen molar-refractivity contribution in [2.75, 3.05) is 24.5 Å². The van der Waals surface area contributed by atoms with Gasteiger partial charge in [0.05, 0.1) is 5.56 Å². The van der Waals surface area contributed by atoms with E-state index in [-0.39, 0.29) is 0 Å². The van der Waals surface area contributed by atoms with E-state index in [9.17, 15) is 4.79 Å². The Hall–Kier alpha value is -1.26. The lowest BCUT2D eigenvalue weighted by molar-refractivity contribution is 0.100. The Morgan fingerprint density at radius 3 is 2.95 bits per heavy atom. The molecular formula is C16H24ClN3O. The van der Waals surface area contributed by atoms with Crippen LogP contribution in [-0.4, -0.2) is 31.6 Å². The molecule has 1 fully saturated rings. The van der Waals surface area contributed by atoms with Crippen molar-refractivity contribution in [3.05, 3.63) is 28.8 Å². The highest BCUT2D eigenvalue weighted by Gasteiger charge is 2.21. The number of carbonyl (C=O) groups excluding carboxylic acids is 1. The maximum absolute atomic E-state index is 11.7. The van der Waals surface area contributed by atoms with Gasteiger partial charge in [-0.3, -0.25) is 4.79 Å². The van der Waals surface area contributed by atoms with Crippen LogP contribution in [0.3, 0.4) is 0 Å². The Morgan fingerprint density at radius 1 is 1.52 bits per heavy atom. The standard InChI is InChI=1S/C16H24ClN3O/c1-2-3-9-20(11-13-5-4-8-19-13)15-7-6-12(17)10-14(15)16(18)21/h6-7,10,13,19H,2-5,8-9,11H2,1H3,(H2,18,21). The van der Waals surface area contributed by atoms with E-state index >= 15 is 0 Å². The molecule has 1 amide bonds. The minimum absolute atomic E-state index is 0.423. The molecule has 21 heavy (non-hydrogen) atoms. The maximum atomic E-state index is 11.7. The Bertz CT molecular complexity index is 486. The van der Waals surface area contributed by atoms with Gasteiger partial charge in [-0.1, -0.05) is 24.9 Å². The molecule has 1 atom stereocenters. The first-order valence-corrected chi connectivity index (χ1v) is 8.07. The van der Waals surface area contributed by atoms with Gasteiger partial charge < -0.3 is 16.0 Å². The number of nitrogens with one attached hydrogen (secondary N) is 1. The third-order valence-electron chi connectivity index (χ3n) is 3.95. The van der Waals surface area contributed by atoms with Crippen LogP contribution in [0.5, 0.6) is 0 Å². The van der Waals surface area contributed by atoms with E-state index in [0.717, 1.165) is 38.2 Å². The number of nitrogens with zero attached hydrogens (tertiary/aromatic N) is 1. The molecule has 1 aliphatic heterocycles. The van der Waals surface area contributed by atoms with E-state index in [2.05, 4.69) is 17.1 Å². The molecule has 1 aromatic rings. The van der Waals surface area contributed by atoms with E-state index in [1.165, 1.54) is 12.8 Å². The number of carbonyl (C=O) groups is 1. The smallest absolute Gasteiger partial charge is 0.250 e. The zero-order chi connectivity index (χ0) is 15.2. The average molecular weight is 310 g/mol. The summed E-state index contributed by atoms with van der Waals surface area (Å²) in [4.78, 5) is 14.0. The Labute approximate surface area is 131 Å². The number of hydrogen-bond acceptors (Lipinski definition) is 3. The van der Waals surface area contributed by atoms with Crippen molar-refractivity contribution in [2.24, 2.45) is 5.73 Å². The summed E-state index contributed by atoms with van der Waals surface area (Å²) in [7, 11) is 0. The number of nitrogens with two attached hydrogens (primary N) is 1. The first-order valence-electron chi connectivity index (χ1n) is 7.69. The van der Waals surface area contributed by atoms with Crippen molar-refractivity contribution in [1.29, 1.82) is 0 Å². The molecule has 1 aromatic carbocycles. The fourth-order valence-electron chi connectivity index (χ4n) is 2.82. The van der Waals surface area contributed by atoms with Gasteiger partial charge in [-0.05, 0) is 44.0 Å². The Morgan fingerprint density at radius 2 is 2.33 bits per heavy atom. The highest BCUT2D eigenvalue weighted by molar-refractivity contribution is 6.31. The van der Waals surface area contributed by atoms with E-state index in [1.807, 2.05) is 12.1 Å². The predicted molar refractivity (Wildman–Crippen MR) is 88.1 cm³/mol. The van der Waals surface area contributed by atoms with Crippen molar-refractivity contribution >= 4 is 23.2 Å². The predicted octanol–water partition coefficient (Wildman–Crippen LogP) is 2.80. The van der Waals surface area contributed by atoms with Crippen LogP contribution in [0.1, 0.15) is 43.0 Å². The molecule has 1 aliphatic rings. The van der Waals surface area contributed by atoms with Gasteiger partial charge in [0, 0.05) is 29.8 Å². The molecular weight excluding hydrogens is 286 g/mol. The zero-order valence-corrected chi connectivity index (χ0v) is 13.3. The summed E-state index contributed by atoms with van der Waals surface area (Å²) < 4.78 is 0. The number of amides is 1. The molecule has 0 aliphatic carbocycles. The van der Waals surface area contributed by atoms with Gasteiger partial charge in [0.25, 0.3) is 5.91 Å². The number of unbranched alkanes of at least 4 members (excludes halogenated alkanes) is 1. The van der Waals surface area contributed by atoms with Crippen molar-refractivity contribution < 1.29 is 4.79 Å². The summed E-state index contributed by atoms with van der Waals surface area (Å²) in [5.74, 6) is -0.423. The molecule has 0 aromatic heterocycles. The van der Waals surface area contributed by atoms with Crippen molar-refractivity contribution in [2.45, 2.75) is 38.6 Å². The van der Waals surface area contributed by atoms with Gasteiger partial charge in [0.15, 0.2) is 0 Å². The van der Waals surface area contributed by atoms with Crippen LogP contribution in [0.15, 0.2) is 18.2 Å². The van der Waals surface area contributed by atoms with Crippen LogP contribution in [0.2, 0.25) is 5.02 Å². The van der Waals surface area contributed by atoms with Gasteiger partial charge >= 0.3 is 0 Å². The first-order chi connectivity index (χ1) is 10.1. The zero-order valence-electron chi connectivity index (χ0n) is 12.6. The highest BCUT2D eigenvalue weighted by Crippen LogP contribution is 2.25. The summed E-state index contributed by atoms with van der Waals surface area (Å²) in [6.45, 7) is 5.08. The summed E-state index contributed by atoms with van der Waals surface area (Å²) in [6, 6.07) is 5.88. The minimum Gasteiger partial charge on any atom is -0.369 e. The first kappa shape index (κ1) is 16.1. The second-order valence-electron chi connectivity index (χ2n) is 5.62. The van der Waals surface area contributed by atoms with Crippen LogP contribution < -0.4 is 16.0 Å². The SMILES string of the molecule is CCCCN(CC1CCCN1)c1ccc(Cl)cc1C(N)=O. The number of halogens is 1.